The van der Waals surface area contributed by atoms with Crippen LogP contribution in [0.5, 0.6) is 0 Å². The van der Waals surface area contributed by atoms with Crippen molar-refractivity contribution in [2.24, 2.45) is 17.8 Å². The van der Waals surface area contributed by atoms with Gasteiger partial charge in [-0.15, -0.1) is 0 Å². The molecule has 0 bridgehead atoms. The van der Waals surface area contributed by atoms with Gasteiger partial charge < -0.3 is 30.9 Å². The predicted octanol–water partition coefficient (Wildman–Crippen LogP) is 3.58. The number of aromatic nitrogens is 5. The molecule has 16 heteroatoms. The molecule has 2 fully saturated rings. The number of likely N-dealkylation sites (N-methyl/N-ethyl adjacent to an activating group) is 2. The van der Waals surface area contributed by atoms with E-state index in [2.05, 4.69) is 36.7 Å². The Balaban J connectivity index is 0.000000238. The third-order valence-corrected chi connectivity index (χ3v) is 9.98. The van der Waals surface area contributed by atoms with E-state index >= 15 is 0 Å². The van der Waals surface area contributed by atoms with Crippen LogP contribution >= 0.6 is 0 Å². The highest BCUT2D eigenvalue weighted by Gasteiger charge is 2.39. The van der Waals surface area contributed by atoms with Crippen molar-refractivity contribution in [2.45, 2.75) is 95.4 Å². The number of allylic oxidation sites excluding steroid dienone is 1. The lowest BCUT2D eigenvalue weighted by Gasteiger charge is -2.33. The highest BCUT2D eigenvalue weighted by Crippen LogP contribution is 2.26. The molecule has 4 aromatic rings. The maximum absolute atomic E-state index is 13.0. The van der Waals surface area contributed by atoms with Crippen molar-refractivity contribution in [1.82, 2.24) is 39.3 Å². The number of carbonyl (C=O) groups is 4. The Bertz CT molecular complexity index is 2060. The zero-order valence-electron chi connectivity index (χ0n) is 32.8. The number of para-hydroxylation sites is 1. The van der Waals surface area contributed by atoms with E-state index in [1.165, 1.54) is 16.9 Å². The normalized spacial score (nSPS) is 17.4. The number of alkyl halides is 1. The first kappa shape index (κ1) is 43.2. The number of hydrogen-bond donors (Lipinski definition) is 3. The van der Waals surface area contributed by atoms with Gasteiger partial charge in [-0.05, 0) is 50.4 Å². The second-order valence-electron chi connectivity index (χ2n) is 14.2. The summed E-state index contributed by atoms with van der Waals surface area (Å²) in [7, 11) is 5.45. The van der Waals surface area contributed by atoms with Gasteiger partial charge in [0, 0.05) is 63.6 Å². The van der Waals surface area contributed by atoms with Gasteiger partial charge in [-0.1, -0.05) is 44.7 Å². The Kier molecular flexibility index (Phi) is 16.2. The third-order valence-electron chi connectivity index (χ3n) is 9.98. The van der Waals surface area contributed by atoms with Crippen molar-refractivity contribution in [3.05, 3.63) is 70.2 Å². The monoisotopic (exact) mass is 774 g/mol. The van der Waals surface area contributed by atoms with E-state index in [-0.39, 0.29) is 29.2 Å². The molecule has 56 heavy (non-hydrogen) atoms. The van der Waals surface area contributed by atoms with Crippen molar-refractivity contribution >= 4 is 53.4 Å². The van der Waals surface area contributed by atoms with Crippen LogP contribution in [0.25, 0.3) is 22.3 Å². The van der Waals surface area contributed by atoms with Crippen molar-refractivity contribution in [2.75, 3.05) is 27.2 Å². The maximum atomic E-state index is 13.0. The van der Waals surface area contributed by atoms with Crippen LogP contribution in [0.2, 0.25) is 0 Å². The lowest BCUT2D eigenvalue weighted by Crippen LogP contribution is -2.46. The summed E-state index contributed by atoms with van der Waals surface area (Å²) in [6.45, 7) is 5.89. The number of aldehydes is 1. The smallest absolute Gasteiger partial charge is 0.329 e. The predicted molar refractivity (Wildman–Crippen MR) is 215 cm³/mol. The van der Waals surface area contributed by atoms with Gasteiger partial charge in [0.15, 0.2) is 5.65 Å². The number of rotatable bonds is 17. The average Bonchev–Trinajstić information content (AvgIpc) is 3.60. The Morgan fingerprint density at radius 3 is 2.48 bits per heavy atom. The first-order valence-electron chi connectivity index (χ1n) is 19.2. The number of likely N-dealkylation sites (tertiary alicyclic amines) is 1. The minimum atomic E-state index is -0.954. The van der Waals surface area contributed by atoms with Crippen LogP contribution in [0.4, 0.5) is 4.39 Å². The highest BCUT2D eigenvalue weighted by molar-refractivity contribution is 6.09. The number of benzene rings is 1. The van der Waals surface area contributed by atoms with E-state index in [4.69, 9.17) is 10.5 Å². The van der Waals surface area contributed by atoms with E-state index < -0.39 is 18.3 Å². The zero-order valence-corrected chi connectivity index (χ0v) is 32.8. The number of unbranched alkanes of at least 4 members (excludes halogenated alkanes) is 5. The van der Waals surface area contributed by atoms with Crippen LogP contribution in [-0.2, 0) is 27.9 Å². The number of nitrogens with two attached hydrogens (primary N) is 1. The summed E-state index contributed by atoms with van der Waals surface area (Å²) in [4.78, 5) is 66.9. The lowest BCUT2D eigenvalue weighted by atomic mass is 10.0. The first-order valence-corrected chi connectivity index (χ1v) is 19.2. The highest BCUT2D eigenvalue weighted by atomic mass is 19.1. The zero-order chi connectivity index (χ0) is 40.8. The molecule has 6 rings (SSSR count). The summed E-state index contributed by atoms with van der Waals surface area (Å²) < 4.78 is 17.7. The Labute approximate surface area is 326 Å². The van der Waals surface area contributed by atoms with Crippen molar-refractivity contribution in [3.8, 4) is 0 Å². The van der Waals surface area contributed by atoms with Gasteiger partial charge in [0.2, 0.25) is 5.91 Å². The van der Waals surface area contributed by atoms with Crippen LogP contribution in [0.3, 0.4) is 0 Å². The van der Waals surface area contributed by atoms with Gasteiger partial charge in [-0.3, -0.25) is 23.7 Å². The summed E-state index contributed by atoms with van der Waals surface area (Å²) in [5.41, 5.74) is 10.8. The van der Waals surface area contributed by atoms with E-state index in [0.29, 0.717) is 24.9 Å². The number of aryl methyl sites for hydroxylation is 2. The number of carbonyl (C=O) groups excluding carboxylic acids is 4. The number of amides is 2. The molecule has 0 radical (unpaired) electrons. The number of halogens is 1. The molecule has 15 nitrogen and oxygen atoms in total. The topological polar surface area (TPSA) is 191 Å². The summed E-state index contributed by atoms with van der Waals surface area (Å²) in [6.07, 6.45) is 15.0. The number of fused-ring (bicyclic) bond motifs is 2. The number of nitrogens with zero attached hydrogens (tertiary/aromatic N) is 7. The number of nitrogens with one attached hydrogen (secondary N) is 2. The van der Waals surface area contributed by atoms with Crippen LogP contribution in [0.15, 0.2) is 52.6 Å². The average molecular weight is 775 g/mol. The Morgan fingerprint density at radius 2 is 1.84 bits per heavy atom. The Hall–Kier alpha value is -5.51. The minimum Gasteiger partial charge on any atom is -0.404 e. The second-order valence-corrected chi connectivity index (χ2v) is 14.2. The molecule has 4 N–H and O–H groups in total. The van der Waals surface area contributed by atoms with Gasteiger partial charge >= 0.3 is 5.69 Å². The maximum Gasteiger partial charge on any atom is 0.329 e. The molecule has 1 aliphatic carbocycles. The van der Waals surface area contributed by atoms with Crippen molar-refractivity contribution in [3.63, 3.8) is 0 Å². The standard InChI is InChI=1S/C22H33N3O3.C17H20FN7O.CH2O/c1-4-12-19(21(27)23-2)25-18-15-11-14-17(20(18)24(3)22(25)28)13-9-7-5-6-8-10-16-26;1-24-8-12(9-24)20-5-11(4-19)10-2-16-21-7-15(25(16)22-6-10)17(26)23-14-3-13(14)18;1-2/h11,14-16,19H,4-10,12-13H2,1-3H3,(H,23,27);2,4-7,12-14H,3,8-9,19H2,1H3,(H,23,26);1H2/b;11-4+,20-5?;/t;13-,14+;/m.0./s1. The molecule has 1 saturated heterocycles. The molecular weight excluding hydrogens is 720 g/mol. The first-order chi connectivity index (χ1) is 27.1. The molecular formula is C40H55FN10O5. The van der Waals surface area contributed by atoms with E-state index in [0.717, 1.165) is 92.1 Å². The largest absolute Gasteiger partial charge is 0.404 e. The van der Waals surface area contributed by atoms with Gasteiger partial charge in [-0.2, -0.15) is 5.10 Å². The quantitative estimate of drug-likeness (QED) is 0.0818. The Morgan fingerprint density at radius 1 is 1.12 bits per heavy atom. The SMILES string of the molecule is C=O.CCCC(C(=O)NC)n1c(=O)n(C)c2c(CCCCCCCC=O)cccc21.CN1CC(N=C/C(=C\N)c2cnn3c(C(=O)N[C@@H]4C[C@@H]4F)cnc3c2)C1. The fourth-order valence-corrected chi connectivity index (χ4v) is 6.82. The molecule has 3 atom stereocenters. The minimum absolute atomic E-state index is 0.128. The molecule has 0 spiro atoms. The van der Waals surface area contributed by atoms with Gasteiger partial charge in [0.1, 0.15) is 31.0 Å². The van der Waals surface area contributed by atoms with Gasteiger partial charge in [0.05, 0.1) is 35.5 Å². The third kappa shape index (κ3) is 10.6. The number of aliphatic imine (C=N–C) groups is 1. The van der Waals surface area contributed by atoms with Crippen LogP contribution in [-0.4, -0.2) is 105 Å². The van der Waals surface area contributed by atoms with Crippen LogP contribution in [0.1, 0.15) is 92.4 Å². The molecule has 1 aromatic carbocycles. The molecule has 1 unspecified atom stereocenters. The lowest BCUT2D eigenvalue weighted by molar-refractivity contribution is -0.124. The number of hydrogen-bond acceptors (Lipinski definition) is 10. The van der Waals surface area contributed by atoms with Gasteiger partial charge in [0.25, 0.3) is 5.91 Å². The fraction of sp³-hybridized carbons (Fsp3) is 0.500. The van der Waals surface area contributed by atoms with E-state index in [1.807, 2.05) is 32.9 Å². The van der Waals surface area contributed by atoms with E-state index in [1.54, 1.807) is 41.7 Å². The second kappa shape index (κ2) is 21.0. The molecule has 1 saturated carbocycles. The summed E-state index contributed by atoms with van der Waals surface area (Å²) in [5, 5.41) is 9.61. The summed E-state index contributed by atoms with van der Waals surface area (Å²) in [6, 6.07) is 7.18. The van der Waals surface area contributed by atoms with Crippen molar-refractivity contribution < 1.29 is 23.6 Å². The molecule has 1 aliphatic heterocycles. The molecule has 2 amide bonds. The van der Waals surface area contributed by atoms with E-state index in [9.17, 15) is 23.6 Å². The van der Waals surface area contributed by atoms with Crippen LogP contribution in [0, 0.1) is 0 Å². The fourth-order valence-electron chi connectivity index (χ4n) is 6.82. The molecule has 3 aromatic heterocycles. The molecule has 4 heterocycles. The van der Waals surface area contributed by atoms with Crippen LogP contribution < -0.4 is 22.1 Å². The molecule has 302 valence electrons. The molecule has 2 aliphatic rings. The summed E-state index contributed by atoms with van der Waals surface area (Å²) >= 11 is 0. The van der Waals surface area contributed by atoms with Gasteiger partial charge in [-0.25, -0.2) is 18.7 Å². The number of imidazole rings is 2. The van der Waals surface area contributed by atoms with Crippen molar-refractivity contribution in [1.29, 1.82) is 0 Å². The summed E-state index contributed by atoms with van der Waals surface area (Å²) in [5.74, 6) is -0.509.